The second-order valence-electron chi connectivity index (χ2n) is 5.11. The van der Waals surface area contributed by atoms with E-state index < -0.39 is 0 Å². The Hall–Kier alpha value is -1.34. The third kappa shape index (κ3) is 3.04. The molecule has 2 heteroatoms. The van der Waals surface area contributed by atoms with E-state index in [4.69, 9.17) is 11.6 Å². The molecule has 0 amide bonds. The average Bonchev–Trinajstić information content (AvgIpc) is 2.48. The summed E-state index contributed by atoms with van der Waals surface area (Å²) in [6.07, 6.45) is 1.90. The molecular weight excluding hydrogens is 271 g/mol. The zero-order valence-corrected chi connectivity index (χ0v) is 13.0. The summed E-state index contributed by atoms with van der Waals surface area (Å²) in [7, 11) is 0. The van der Waals surface area contributed by atoms with Gasteiger partial charge in [-0.1, -0.05) is 44.2 Å². The highest BCUT2D eigenvalue weighted by atomic mass is 35.5. The van der Waals surface area contributed by atoms with E-state index in [1.165, 1.54) is 11.1 Å². The van der Waals surface area contributed by atoms with Gasteiger partial charge >= 0.3 is 0 Å². The molecule has 0 nitrogen and oxygen atoms in total. The lowest BCUT2D eigenvalue weighted by atomic mass is 9.94. The molecule has 1 unspecified atom stereocenters. The fraction of sp³-hybridized carbons (Fsp3) is 0.333. The van der Waals surface area contributed by atoms with Crippen molar-refractivity contribution in [2.24, 2.45) is 0 Å². The van der Waals surface area contributed by atoms with E-state index in [9.17, 15) is 4.39 Å². The molecule has 0 radical (unpaired) electrons. The average molecular weight is 291 g/mol. The van der Waals surface area contributed by atoms with E-state index in [0.29, 0.717) is 5.56 Å². The quantitative estimate of drug-likeness (QED) is 0.644. The van der Waals surface area contributed by atoms with Crippen LogP contribution in [0.4, 0.5) is 4.39 Å². The highest BCUT2D eigenvalue weighted by Crippen LogP contribution is 2.33. The lowest BCUT2D eigenvalue weighted by Crippen LogP contribution is -2.01. The summed E-state index contributed by atoms with van der Waals surface area (Å²) in [5, 5.41) is -0.299. The highest BCUT2D eigenvalue weighted by molar-refractivity contribution is 6.22. The first-order valence-corrected chi connectivity index (χ1v) is 7.52. The molecule has 2 aromatic carbocycles. The molecule has 0 saturated heterocycles. The van der Waals surface area contributed by atoms with Crippen molar-refractivity contribution in [1.82, 2.24) is 0 Å². The Kier molecular flexibility index (Phi) is 4.82. The maximum absolute atomic E-state index is 13.7. The Morgan fingerprint density at radius 2 is 1.80 bits per heavy atom. The van der Waals surface area contributed by atoms with Crippen LogP contribution in [0.2, 0.25) is 0 Å². The summed E-state index contributed by atoms with van der Waals surface area (Å²) in [5.41, 5.74) is 5.05. The molecule has 0 heterocycles. The molecule has 106 valence electrons. The second-order valence-corrected chi connectivity index (χ2v) is 5.55. The van der Waals surface area contributed by atoms with Gasteiger partial charge in [-0.25, -0.2) is 4.39 Å². The second kappa shape index (κ2) is 6.41. The Labute approximate surface area is 125 Å². The summed E-state index contributed by atoms with van der Waals surface area (Å²) >= 11 is 6.60. The number of alkyl halides is 1. The van der Waals surface area contributed by atoms with Crippen LogP contribution in [-0.2, 0) is 12.8 Å². The van der Waals surface area contributed by atoms with Crippen LogP contribution in [0.5, 0.6) is 0 Å². The molecule has 0 aromatic heterocycles. The van der Waals surface area contributed by atoms with E-state index >= 15 is 0 Å². The van der Waals surface area contributed by atoms with Crippen molar-refractivity contribution in [3.05, 3.63) is 70.0 Å². The number of hydrogen-bond acceptors (Lipinski definition) is 0. The standard InChI is InChI=1S/C18H20ClF/c1-4-13-7-9-14(5-2)16(10-13)18(19)15-8-6-12(3)17(20)11-15/h6-11,18H,4-5H2,1-3H3. The minimum absolute atomic E-state index is 0.196. The van der Waals surface area contributed by atoms with Crippen LogP contribution in [0.15, 0.2) is 36.4 Å². The third-order valence-electron chi connectivity index (χ3n) is 3.76. The Balaban J connectivity index is 2.45. The molecular formula is C18H20ClF. The summed E-state index contributed by atoms with van der Waals surface area (Å²) in [5.74, 6) is -0.196. The molecule has 1 atom stereocenters. The van der Waals surface area contributed by atoms with Crippen LogP contribution in [0, 0.1) is 12.7 Å². The lowest BCUT2D eigenvalue weighted by Gasteiger charge is -2.16. The van der Waals surface area contributed by atoms with Gasteiger partial charge in [-0.05, 0) is 53.6 Å². The molecule has 0 aliphatic rings. The predicted molar refractivity (Wildman–Crippen MR) is 84.0 cm³/mol. The van der Waals surface area contributed by atoms with E-state index in [1.54, 1.807) is 19.1 Å². The van der Waals surface area contributed by atoms with Crippen molar-refractivity contribution in [2.75, 3.05) is 0 Å². The molecule has 0 N–H and O–H groups in total. The number of rotatable bonds is 4. The van der Waals surface area contributed by atoms with Gasteiger partial charge in [0.05, 0.1) is 5.38 Å². The van der Waals surface area contributed by atoms with Crippen LogP contribution in [0.3, 0.4) is 0 Å². The first-order chi connectivity index (χ1) is 9.56. The monoisotopic (exact) mass is 290 g/mol. The van der Waals surface area contributed by atoms with Crippen molar-refractivity contribution in [1.29, 1.82) is 0 Å². The molecule has 0 bridgehead atoms. The first kappa shape index (κ1) is 15.1. The topological polar surface area (TPSA) is 0 Å². The van der Waals surface area contributed by atoms with Crippen LogP contribution in [0.25, 0.3) is 0 Å². The van der Waals surface area contributed by atoms with Gasteiger partial charge in [0.15, 0.2) is 0 Å². The van der Waals surface area contributed by atoms with Gasteiger partial charge in [0.1, 0.15) is 5.82 Å². The number of halogens is 2. The lowest BCUT2D eigenvalue weighted by molar-refractivity contribution is 0.616. The largest absolute Gasteiger partial charge is 0.207 e. The van der Waals surface area contributed by atoms with E-state index in [-0.39, 0.29) is 11.2 Å². The summed E-state index contributed by atoms with van der Waals surface area (Å²) in [6.45, 7) is 6.00. The van der Waals surface area contributed by atoms with Crippen molar-refractivity contribution in [2.45, 2.75) is 39.0 Å². The molecule has 0 fully saturated rings. The van der Waals surface area contributed by atoms with Crippen LogP contribution < -0.4 is 0 Å². The Morgan fingerprint density at radius 1 is 1.05 bits per heavy atom. The molecule has 0 saturated carbocycles. The van der Waals surface area contributed by atoms with E-state index in [2.05, 4.69) is 32.0 Å². The van der Waals surface area contributed by atoms with Gasteiger partial charge in [0, 0.05) is 0 Å². The molecule has 0 aliphatic heterocycles. The van der Waals surface area contributed by atoms with Gasteiger partial charge in [-0.2, -0.15) is 0 Å². The van der Waals surface area contributed by atoms with Gasteiger partial charge in [0.2, 0.25) is 0 Å². The van der Waals surface area contributed by atoms with Gasteiger partial charge in [-0.15, -0.1) is 11.6 Å². The number of aryl methyl sites for hydroxylation is 3. The van der Waals surface area contributed by atoms with Gasteiger partial charge in [-0.3, -0.25) is 0 Å². The normalized spacial score (nSPS) is 12.4. The summed E-state index contributed by atoms with van der Waals surface area (Å²) in [4.78, 5) is 0. The molecule has 2 rings (SSSR count). The summed E-state index contributed by atoms with van der Waals surface area (Å²) in [6, 6.07) is 11.7. The smallest absolute Gasteiger partial charge is 0.126 e. The van der Waals surface area contributed by atoms with Crippen molar-refractivity contribution in [3.63, 3.8) is 0 Å². The van der Waals surface area contributed by atoms with E-state index in [1.807, 2.05) is 6.07 Å². The van der Waals surface area contributed by atoms with Crippen molar-refractivity contribution >= 4 is 11.6 Å². The zero-order valence-electron chi connectivity index (χ0n) is 12.2. The zero-order chi connectivity index (χ0) is 14.7. The molecule has 0 aliphatic carbocycles. The number of benzene rings is 2. The Morgan fingerprint density at radius 3 is 2.40 bits per heavy atom. The minimum atomic E-state index is -0.299. The highest BCUT2D eigenvalue weighted by Gasteiger charge is 2.16. The third-order valence-corrected chi connectivity index (χ3v) is 4.25. The van der Waals surface area contributed by atoms with Crippen molar-refractivity contribution < 1.29 is 4.39 Å². The number of hydrogen-bond donors (Lipinski definition) is 0. The fourth-order valence-corrected chi connectivity index (χ4v) is 2.71. The molecule has 20 heavy (non-hydrogen) atoms. The SMILES string of the molecule is CCc1ccc(CC)c(C(Cl)c2ccc(C)c(F)c2)c1. The van der Waals surface area contributed by atoms with E-state index in [0.717, 1.165) is 24.0 Å². The first-order valence-electron chi connectivity index (χ1n) is 7.08. The molecule has 0 spiro atoms. The van der Waals surface area contributed by atoms with Gasteiger partial charge < -0.3 is 0 Å². The van der Waals surface area contributed by atoms with Crippen LogP contribution in [-0.4, -0.2) is 0 Å². The maximum Gasteiger partial charge on any atom is 0.126 e. The molecule has 2 aromatic rings. The van der Waals surface area contributed by atoms with Crippen LogP contribution in [0.1, 0.15) is 47.0 Å². The van der Waals surface area contributed by atoms with Crippen molar-refractivity contribution in [3.8, 4) is 0 Å². The fourth-order valence-electron chi connectivity index (χ4n) is 2.37. The van der Waals surface area contributed by atoms with Crippen LogP contribution >= 0.6 is 11.6 Å². The van der Waals surface area contributed by atoms with Gasteiger partial charge in [0.25, 0.3) is 0 Å². The predicted octanol–water partition coefficient (Wildman–Crippen LogP) is 5.59. The minimum Gasteiger partial charge on any atom is -0.207 e. The Bertz CT molecular complexity index is 604. The summed E-state index contributed by atoms with van der Waals surface area (Å²) < 4.78 is 13.7. The maximum atomic E-state index is 13.7.